The molecule has 5 heteroatoms. The average Bonchev–Trinajstić information content (AvgIpc) is 2.72. The zero-order valence-corrected chi connectivity index (χ0v) is 10.7. The van der Waals surface area contributed by atoms with E-state index in [0.717, 1.165) is 12.1 Å². The number of nitrogens with zero attached hydrogens (tertiary/aromatic N) is 2. The lowest BCUT2D eigenvalue weighted by molar-refractivity contribution is -0.139. The van der Waals surface area contributed by atoms with Crippen LogP contribution < -0.4 is 5.32 Å². The van der Waals surface area contributed by atoms with Gasteiger partial charge in [-0.3, -0.25) is 14.8 Å². The molecular weight excluding hydrogens is 218 g/mol. The number of rotatable bonds is 7. The summed E-state index contributed by atoms with van der Waals surface area (Å²) in [5, 5.41) is 16.4. The molecule has 2 N–H and O–H groups in total. The van der Waals surface area contributed by atoms with Crippen LogP contribution in [0.3, 0.4) is 0 Å². The lowest BCUT2D eigenvalue weighted by Crippen LogP contribution is -2.36. The van der Waals surface area contributed by atoms with Crippen molar-refractivity contribution < 1.29 is 9.90 Å². The highest BCUT2D eigenvalue weighted by Gasteiger charge is 2.15. The monoisotopic (exact) mass is 239 g/mol. The Balaban J connectivity index is 2.50. The topological polar surface area (TPSA) is 67.2 Å². The Bertz CT molecular complexity index is 360. The fraction of sp³-hybridized carbons (Fsp3) is 0.667. The van der Waals surface area contributed by atoms with E-state index in [2.05, 4.69) is 24.3 Å². The molecule has 0 radical (unpaired) electrons. The summed E-state index contributed by atoms with van der Waals surface area (Å²) in [5.41, 5.74) is 0.876. The molecule has 0 amide bonds. The lowest BCUT2D eigenvalue weighted by atomic mass is 10.1. The van der Waals surface area contributed by atoms with Crippen LogP contribution in [0.5, 0.6) is 0 Å². The summed E-state index contributed by atoms with van der Waals surface area (Å²) >= 11 is 0. The van der Waals surface area contributed by atoms with Crippen molar-refractivity contribution in [2.75, 3.05) is 0 Å². The van der Waals surface area contributed by atoms with Gasteiger partial charge in [0.25, 0.3) is 0 Å². The van der Waals surface area contributed by atoms with Crippen LogP contribution in [0.15, 0.2) is 12.3 Å². The Morgan fingerprint density at radius 1 is 1.59 bits per heavy atom. The maximum atomic E-state index is 10.9. The first kappa shape index (κ1) is 13.7. The fourth-order valence-corrected chi connectivity index (χ4v) is 1.59. The average molecular weight is 239 g/mol. The largest absolute Gasteiger partial charge is 0.480 e. The third-order valence-corrected chi connectivity index (χ3v) is 2.60. The molecule has 1 unspecified atom stereocenters. The van der Waals surface area contributed by atoms with Crippen molar-refractivity contribution in [1.29, 1.82) is 0 Å². The van der Waals surface area contributed by atoms with Crippen molar-refractivity contribution in [3.8, 4) is 0 Å². The fourth-order valence-electron chi connectivity index (χ4n) is 1.59. The number of nitrogens with one attached hydrogen (secondary N) is 1. The van der Waals surface area contributed by atoms with Crippen LogP contribution in [0.4, 0.5) is 0 Å². The molecular formula is C12H21N3O2. The quantitative estimate of drug-likeness (QED) is 0.761. The zero-order chi connectivity index (χ0) is 12.8. The Labute approximate surface area is 102 Å². The third-order valence-electron chi connectivity index (χ3n) is 2.60. The predicted octanol–water partition coefficient (Wildman–Crippen LogP) is 1.81. The molecule has 0 bridgehead atoms. The zero-order valence-electron chi connectivity index (χ0n) is 10.7. The van der Waals surface area contributed by atoms with Crippen LogP contribution in [0.25, 0.3) is 0 Å². The van der Waals surface area contributed by atoms with Gasteiger partial charge in [0.2, 0.25) is 0 Å². The first-order valence-electron chi connectivity index (χ1n) is 6.04. The maximum Gasteiger partial charge on any atom is 0.320 e. The number of carboxylic acids is 1. The van der Waals surface area contributed by atoms with E-state index < -0.39 is 12.0 Å². The van der Waals surface area contributed by atoms with Gasteiger partial charge in [-0.2, -0.15) is 5.10 Å². The highest BCUT2D eigenvalue weighted by atomic mass is 16.4. The minimum atomic E-state index is -0.796. The number of carboxylic acid groups (broad SMARTS) is 1. The van der Waals surface area contributed by atoms with Gasteiger partial charge in [-0.15, -0.1) is 0 Å². The van der Waals surface area contributed by atoms with Gasteiger partial charge in [-0.05, 0) is 26.3 Å². The van der Waals surface area contributed by atoms with Gasteiger partial charge in [0.1, 0.15) is 6.04 Å². The van der Waals surface area contributed by atoms with E-state index in [9.17, 15) is 4.79 Å². The molecule has 0 aromatic carbocycles. The molecule has 17 heavy (non-hydrogen) atoms. The van der Waals surface area contributed by atoms with Gasteiger partial charge < -0.3 is 5.11 Å². The minimum absolute atomic E-state index is 0.328. The molecule has 0 aliphatic carbocycles. The van der Waals surface area contributed by atoms with E-state index in [4.69, 9.17) is 5.11 Å². The SMILES string of the molecule is CCCC(NCc1ccn(C(C)C)n1)C(=O)O. The molecule has 0 fully saturated rings. The van der Waals surface area contributed by atoms with E-state index in [1.165, 1.54) is 0 Å². The van der Waals surface area contributed by atoms with E-state index in [-0.39, 0.29) is 0 Å². The van der Waals surface area contributed by atoms with Crippen molar-refractivity contribution in [1.82, 2.24) is 15.1 Å². The highest BCUT2D eigenvalue weighted by Crippen LogP contribution is 2.05. The number of hydrogen-bond acceptors (Lipinski definition) is 3. The van der Waals surface area contributed by atoms with E-state index in [1.807, 2.05) is 23.9 Å². The molecule has 1 rings (SSSR count). The first-order chi connectivity index (χ1) is 8.04. The van der Waals surface area contributed by atoms with Crippen LogP contribution in [-0.2, 0) is 11.3 Å². The second-order valence-corrected chi connectivity index (χ2v) is 4.44. The number of hydrogen-bond donors (Lipinski definition) is 2. The standard InChI is InChI=1S/C12H21N3O2/c1-4-5-11(12(16)17)13-8-10-6-7-15(14-10)9(2)3/h6-7,9,11,13H,4-5,8H2,1-3H3,(H,16,17). The van der Waals surface area contributed by atoms with Gasteiger partial charge in [-0.1, -0.05) is 13.3 Å². The second kappa shape index (κ2) is 6.39. The third kappa shape index (κ3) is 4.19. The van der Waals surface area contributed by atoms with Gasteiger partial charge in [0.05, 0.1) is 5.69 Å². The summed E-state index contributed by atoms with van der Waals surface area (Å²) in [6.45, 7) is 6.59. The predicted molar refractivity (Wildman–Crippen MR) is 65.8 cm³/mol. The lowest BCUT2D eigenvalue weighted by Gasteiger charge is -2.12. The molecule has 1 atom stereocenters. The van der Waals surface area contributed by atoms with Gasteiger partial charge >= 0.3 is 5.97 Å². The molecule has 96 valence electrons. The van der Waals surface area contributed by atoms with Crippen LogP contribution in [0, 0.1) is 0 Å². The Morgan fingerprint density at radius 3 is 2.76 bits per heavy atom. The number of carbonyl (C=O) groups is 1. The van der Waals surface area contributed by atoms with Crippen molar-refractivity contribution in [3.63, 3.8) is 0 Å². The van der Waals surface area contributed by atoms with E-state index in [0.29, 0.717) is 19.0 Å². The first-order valence-corrected chi connectivity index (χ1v) is 6.04. The molecule has 1 heterocycles. The Morgan fingerprint density at radius 2 is 2.29 bits per heavy atom. The molecule has 0 aliphatic heterocycles. The highest BCUT2D eigenvalue weighted by molar-refractivity contribution is 5.73. The summed E-state index contributed by atoms with van der Waals surface area (Å²) < 4.78 is 1.87. The number of aliphatic carboxylic acids is 1. The van der Waals surface area contributed by atoms with Crippen molar-refractivity contribution in [2.45, 2.75) is 52.2 Å². The van der Waals surface area contributed by atoms with Crippen molar-refractivity contribution >= 4 is 5.97 Å². The number of aromatic nitrogens is 2. The van der Waals surface area contributed by atoms with Crippen molar-refractivity contribution in [2.24, 2.45) is 0 Å². The molecule has 0 saturated carbocycles. The molecule has 0 saturated heterocycles. The minimum Gasteiger partial charge on any atom is -0.480 e. The Hall–Kier alpha value is -1.36. The molecule has 0 aliphatic rings. The summed E-state index contributed by atoms with van der Waals surface area (Å²) in [5.74, 6) is -0.796. The van der Waals surface area contributed by atoms with Crippen LogP contribution in [-0.4, -0.2) is 26.9 Å². The van der Waals surface area contributed by atoms with Gasteiger partial charge in [-0.25, -0.2) is 0 Å². The molecule has 1 aromatic rings. The van der Waals surface area contributed by atoms with Gasteiger partial charge in [0.15, 0.2) is 0 Å². The van der Waals surface area contributed by atoms with E-state index in [1.54, 1.807) is 0 Å². The Kier molecular flexibility index (Phi) is 5.15. The smallest absolute Gasteiger partial charge is 0.320 e. The van der Waals surface area contributed by atoms with Crippen LogP contribution >= 0.6 is 0 Å². The second-order valence-electron chi connectivity index (χ2n) is 4.44. The van der Waals surface area contributed by atoms with E-state index >= 15 is 0 Å². The normalized spacial score (nSPS) is 12.9. The summed E-state index contributed by atoms with van der Waals surface area (Å²) in [6.07, 6.45) is 3.40. The van der Waals surface area contributed by atoms with Crippen LogP contribution in [0.1, 0.15) is 45.3 Å². The maximum absolute atomic E-state index is 10.9. The van der Waals surface area contributed by atoms with Crippen molar-refractivity contribution in [3.05, 3.63) is 18.0 Å². The molecule has 0 spiro atoms. The summed E-state index contributed by atoms with van der Waals surface area (Å²) in [7, 11) is 0. The van der Waals surface area contributed by atoms with Crippen LogP contribution in [0.2, 0.25) is 0 Å². The molecule has 1 aromatic heterocycles. The summed E-state index contributed by atoms with van der Waals surface area (Å²) in [4.78, 5) is 10.9. The summed E-state index contributed by atoms with van der Waals surface area (Å²) in [6, 6.07) is 1.76. The molecule has 5 nitrogen and oxygen atoms in total. The van der Waals surface area contributed by atoms with Gasteiger partial charge in [0, 0.05) is 18.8 Å².